The number of rotatable bonds is 7. The Balaban J connectivity index is 1.86. The molecule has 0 radical (unpaired) electrons. The van der Waals surface area contributed by atoms with Gasteiger partial charge in [-0.25, -0.2) is 4.98 Å². The SMILES string of the molecule is CCCc1sc2nc(SCc3ccccc3)n(-c3ccc(CC)cc3)c(=O)c2c1C. The highest BCUT2D eigenvalue weighted by Crippen LogP contribution is 2.32. The standard InChI is InChI=1S/C25H26N2OS2/c1-4-9-21-17(3)22-23(30-21)26-25(29-16-19-10-7-6-8-11-19)27(24(22)28)20-14-12-18(5-2)13-15-20/h6-8,10-15H,4-5,9,16H2,1-3H3. The van der Waals surface area contributed by atoms with Crippen LogP contribution in [0.3, 0.4) is 0 Å². The van der Waals surface area contributed by atoms with E-state index in [2.05, 4.69) is 45.0 Å². The van der Waals surface area contributed by atoms with Gasteiger partial charge in [0.1, 0.15) is 4.83 Å². The van der Waals surface area contributed by atoms with Crippen molar-refractivity contribution in [2.45, 2.75) is 50.9 Å². The number of nitrogens with zero attached hydrogens (tertiary/aromatic N) is 2. The van der Waals surface area contributed by atoms with Crippen molar-refractivity contribution in [1.29, 1.82) is 0 Å². The lowest BCUT2D eigenvalue weighted by Crippen LogP contribution is -2.21. The molecule has 3 nitrogen and oxygen atoms in total. The molecule has 2 aromatic carbocycles. The van der Waals surface area contributed by atoms with E-state index in [1.807, 2.05) is 30.3 Å². The molecule has 0 atom stereocenters. The Bertz CT molecular complexity index is 1210. The van der Waals surface area contributed by atoms with E-state index in [0.29, 0.717) is 0 Å². The van der Waals surface area contributed by atoms with Crippen LogP contribution in [-0.4, -0.2) is 9.55 Å². The third-order valence-electron chi connectivity index (χ3n) is 5.32. The lowest BCUT2D eigenvalue weighted by atomic mass is 10.1. The number of fused-ring (bicyclic) bond motifs is 1. The van der Waals surface area contributed by atoms with Gasteiger partial charge in [-0.2, -0.15) is 0 Å². The zero-order valence-corrected chi connectivity index (χ0v) is 19.3. The van der Waals surface area contributed by atoms with Crippen LogP contribution in [0.1, 0.15) is 41.8 Å². The van der Waals surface area contributed by atoms with Crippen molar-refractivity contribution in [3.05, 3.63) is 86.5 Å². The van der Waals surface area contributed by atoms with E-state index in [1.54, 1.807) is 27.7 Å². The number of hydrogen-bond acceptors (Lipinski definition) is 4. The van der Waals surface area contributed by atoms with Crippen molar-refractivity contribution < 1.29 is 0 Å². The monoisotopic (exact) mass is 434 g/mol. The molecule has 0 aliphatic heterocycles. The van der Waals surface area contributed by atoms with Crippen molar-refractivity contribution in [3.63, 3.8) is 0 Å². The summed E-state index contributed by atoms with van der Waals surface area (Å²) in [5.41, 5.74) is 4.49. The predicted molar refractivity (Wildman–Crippen MR) is 129 cm³/mol. The molecule has 0 amide bonds. The average molecular weight is 435 g/mol. The second kappa shape index (κ2) is 9.19. The zero-order chi connectivity index (χ0) is 21.1. The first kappa shape index (κ1) is 20.9. The topological polar surface area (TPSA) is 34.9 Å². The fourth-order valence-corrected chi connectivity index (χ4v) is 5.89. The van der Waals surface area contributed by atoms with Gasteiger partial charge in [0.2, 0.25) is 0 Å². The Morgan fingerprint density at radius 3 is 2.40 bits per heavy atom. The van der Waals surface area contributed by atoms with Gasteiger partial charge in [0.15, 0.2) is 5.16 Å². The molecule has 0 saturated carbocycles. The van der Waals surface area contributed by atoms with Gasteiger partial charge in [0.05, 0.1) is 11.1 Å². The molecule has 0 fully saturated rings. The minimum Gasteiger partial charge on any atom is -0.268 e. The van der Waals surface area contributed by atoms with E-state index in [4.69, 9.17) is 4.98 Å². The first-order chi connectivity index (χ1) is 14.6. The molecule has 0 saturated heterocycles. The van der Waals surface area contributed by atoms with Crippen molar-refractivity contribution >= 4 is 33.3 Å². The molecule has 0 aliphatic rings. The Kier molecular flexibility index (Phi) is 6.40. The second-order valence-corrected chi connectivity index (χ2v) is 9.44. The molecule has 5 heteroatoms. The molecule has 4 aromatic rings. The summed E-state index contributed by atoms with van der Waals surface area (Å²) in [4.78, 5) is 20.8. The van der Waals surface area contributed by atoms with Gasteiger partial charge in [-0.1, -0.05) is 74.5 Å². The number of benzene rings is 2. The molecule has 2 aromatic heterocycles. The summed E-state index contributed by atoms with van der Waals surface area (Å²) in [6.45, 7) is 6.38. The molecule has 0 unspecified atom stereocenters. The number of aryl methyl sites for hydroxylation is 3. The maximum absolute atomic E-state index is 13.7. The summed E-state index contributed by atoms with van der Waals surface area (Å²) >= 11 is 3.29. The Hall–Kier alpha value is -2.37. The van der Waals surface area contributed by atoms with Crippen molar-refractivity contribution in [1.82, 2.24) is 9.55 Å². The molecule has 0 N–H and O–H groups in total. The van der Waals surface area contributed by atoms with Crippen molar-refractivity contribution in [2.24, 2.45) is 0 Å². The molecule has 0 bridgehead atoms. The molecule has 4 rings (SSSR count). The highest BCUT2D eigenvalue weighted by molar-refractivity contribution is 7.98. The molecule has 0 aliphatic carbocycles. The van der Waals surface area contributed by atoms with Crippen LogP contribution in [0.4, 0.5) is 0 Å². The molecular formula is C25H26N2OS2. The quantitative estimate of drug-likeness (QED) is 0.244. The molecule has 2 heterocycles. The lowest BCUT2D eigenvalue weighted by Gasteiger charge is -2.13. The lowest BCUT2D eigenvalue weighted by molar-refractivity contribution is 0.821. The summed E-state index contributed by atoms with van der Waals surface area (Å²) in [6, 6.07) is 18.6. The molecule has 154 valence electrons. The number of hydrogen-bond donors (Lipinski definition) is 0. The van der Waals surface area contributed by atoms with Gasteiger partial charge in [-0.15, -0.1) is 11.3 Å². The van der Waals surface area contributed by atoms with Gasteiger partial charge < -0.3 is 0 Å². The van der Waals surface area contributed by atoms with Gasteiger partial charge in [-0.3, -0.25) is 9.36 Å². The fourth-order valence-electron chi connectivity index (χ4n) is 3.60. The number of thiophene rings is 1. The van der Waals surface area contributed by atoms with Crippen LogP contribution >= 0.6 is 23.1 Å². The minimum absolute atomic E-state index is 0.0379. The van der Waals surface area contributed by atoms with Crippen LogP contribution < -0.4 is 5.56 Å². The number of thioether (sulfide) groups is 1. The largest absolute Gasteiger partial charge is 0.268 e. The normalized spacial score (nSPS) is 11.3. The van der Waals surface area contributed by atoms with Crippen LogP contribution in [0.5, 0.6) is 0 Å². The third-order valence-corrected chi connectivity index (χ3v) is 7.58. The van der Waals surface area contributed by atoms with E-state index in [9.17, 15) is 4.79 Å². The summed E-state index contributed by atoms with van der Waals surface area (Å²) < 4.78 is 1.80. The summed E-state index contributed by atoms with van der Waals surface area (Å²) in [6.07, 6.45) is 3.03. The minimum atomic E-state index is 0.0379. The summed E-state index contributed by atoms with van der Waals surface area (Å²) in [7, 11) is 0. The highest BCUT2D eigenvalue weighted by atomic mass is 32.2. The van der Waals surface area contributed by atoms with Crippen molar-refractivity contribution in [3.8, 4) is 5.69 Å². The average Bonchev–Trinajstić information content (AvgIpc) is 3.09. The van der Waals surface area contributed by atoms with Crippen LogP contribution in [0.15, 0.2) is 64.5 Å². The van der Waals surface area contributed by atoms with Gasteiger partial charge in [0, 0.05) is 10.6 Å². The number of aromatic nitrogens is 2. The predicted octanol–water partition coefficient (Wildman–Crippen LogP) is 6.56. The second-order valence-electron chi connectivity index (χ2n) is 7.41. The van der Waals surface area contributed by atoms with Crippen LogP contribution in [0.2, 0.25) is 0 Å². The first-order valence-electron chi connectivity index (χ1n) is 10.4. The van der Waals surface area contributed by atoms with E-state index in [1.165, 1.54) is 16.0 Å². The van der Waals surface area contributed by atoms with Crippen molar-refractivity contribution in [2.75, 3.05) is 0 Å². The van der Waals surface area contributed by atoms with Crippen LogP contribution in [0, 0.1) is 6.92 Å². The maximum atomic E-state index is 13.7. The van der Waals surface area contributed by atoms with Gasteiger partial charge in [-0.05, 0) is 48.6 Å². The summed E-state index contributed by atoms with van der Waals surface area (Å²) in [5.74, 6) is 0.776. The molecular weight excluding hydrogens is 408 g/mol. The first-order valence-corrected chi connectivity index (χ1v) is 12.2. The van der Waals surface area contributed by atoms with Gasteiger partial charge in [0.25, 0.3) is 5.56 Å². The van der Waals surface area contributed by atoms with Gasteiger partial charge >= 0.3 is 0 Å². The third kappa shape index (κ3) is 4.09. The van der Waals surface area contributed by atoms with E-state index >= 15 is 0 Å². The van der Waals surface area contributed by atoms with Crippen LogP contribution in [-0.2, 0) is 18.6 Å². The molecule has 0 spiro atoms. The summed E-state index contributed by atoms with van der Waals surface area (Å²) in [5, 5.41) is 1.52. The van der Waals surface area contributed by atoms with Crippen LogP contribution in [0.25, 0.3) is 15.9 Å². The Labute approximate surface area is 185 Å². The van der Waals surface area contributed by atoms with E-state index in [0.717, 1.165) is 51.6 Å². The van der Waals surface area contributed by atoms with E-state index in [-0.39, 0.29) is 5.56 Å². The molecule has 30 heavy (non-hydrogen) atoms. The van der Waals surface area contributed by atoms with E-state index < -0.39 is 0 Å². The fraction of sp³-hybridized carbons (Fsp3) is 0.280. The smallest absolute Gasteiger partial charge is 0.267 e. The maximum Gasteiger partial charge on any atom is 0.267 e. The Morgan fingerprint density at radius 2 is 1.73 bits per heavy atom. The highest BCUT2D eigenvalue weighted by Gasteiger charge is 2.19. The zero-order valence-electron chi connectivity index (χ0n) is 17.6. The Morgan fingerprint density at radius 1 is 1.00 bits per heavy atom.